The predicted octanol–water partition coefficient (Wildman–Crippen LogP) is 6.74. The predicted molar refractivity (Wildman–Crippen MR) is 115 cm³/mol. The van der Waals surface area contributed by atoms with Crippen LogP contribution in [-0.2, 0) is 25.3 Å². The van der Waals surface area contributed by atoms with E-state index in [1.807, 2.05) is 0 Å². The molecule has 3 aromatic carbocycles. The number of benzene rings is 3. The van der Waals surface area contributed by atoms with E-state index in [0.29, 0.717) is 15.1 Å². The zero-order valence-corrected chi connectivity index (χ0v) is 21.3. The van der Waals surface area contributed by atoms with E-state index in [4.69, 9.17) is 56.9 Å². The van der Waals surface area contributed by atoms with Crippen molar-refractivity contribution in [1.82, 2.24) is 0 Å². The molecule has 0 saturated carbocycles. The average molecular weight is 674 g/mol. The fraction of sp³-hybridized carbons (Fsp3) is 0. The number of rotatable bonds is 0. The molecule has 0 aromatic heterocycles. The monoisotopic (exact) mass is 672 g/mol. The summed E-state index contributed by atoms with van der Waals surface area (Å²) in [6.07, 6.45) is 0. The summed E-state index contributed by atoms with van der Waals surface area (Å²) in [7, 11) is 0. The Balaban J connectivity index is -0.000000317. The molecule has 0 saturated heterocycles. The molecule has 0 aliphatic carbocycles. The fourth-order valence-corrected chi connectivity index (χ4v) is 1.70. The molecule has 29 heavy (non-hydrogen) atoms. The Labute approximate surface area is 204 Å². The van der Waals surface area contributed by atoms with Crippen LogP contribution >= 0.6 is 59.6 Å². The normalized spacial score (nSPS) is 7.97. The first-order chi connectivity index (χ1) is 12.8. The van der Waals surface area contributed by atoms with Gasteiger partial charge in [0.1, 0.15) is 17.2 Å². The number of phenolic OH excluding ortho intramolecular Hbond substituents is 3. The van der Waals surface area contributed by atoms with Gasteiger partial charge in [-0.05, 0) is 72.8 Å². The van der Waals surface area contributed by atoms with E-state index in [-0.39, 0.29) is 42.1 Å². The third-order valence-corrected chi connectivity index (χ3v) is 3.24. The summed E-state index contributed by atoms with van der Waals surface area (Å²) in [6.45, 7) is 0. The second kappa shape index (κ2) is 20.1. The molecular formula is C18H17Cl5O5W. The summed E-state index contributed by atoms with van der Waals surface area (Å²) < 4.78 is 17.1. The van der Waals surface area contributed by atoms with Crippen molar-refractivity contribution in [3.63, 3.8) is 0 Å². The molecular weight excluding hydrogens is 657 g/mol. The number of phenols is 3. The van der Waals surface area contributed by atoms with Gasteiger partial charge in [0.15, 0.2) is 0 Å². The van der Waals surface area contributed by atoms with Crippen LogP contribution in [0.4, 0.5) is 0 Å². The Bertz CT molecular complexity index is 643. The van der Waals surface area contributed by atoms with E-state index >= 15 is 0 Å². The minimum absolute atomic E-state index is 0. The standard InChI is InChI=1S/3C6H5ClO.2ClH.2O.W/c3*7-5-1-3-6(8)4-2-5;;;;;/h3*1-4,8H;2*1H;;;. The van der Waals surface area contributed by atoms with Crippen LogP contribution in [0.1, 0.15) is 0 Å². The molecule has 0 bridgehead atoms. The number of aromatic hydroxyl groups is 3. The van der Waals surface area contributed by atoms with E-state index in [1.165, 1.54) is 0 Å². The molecule has 3 aromatic rings. The van der Waals surface area contributed by atoms with E-state index in [2.05, 4.69) is 0 Å². The first-order valence-electron chi connectivity index (χ1n) is 7.04. The zero-order chi connectivity index (χ0) is 20.7. The summed E-state index contributed by atoms with van der Waals surface area (Å²) in [5.41, 5.74) is 0. The van der Waals surface area contributed by atoms with Crippen LogP contribution < -0.4 is 0 Å². The summed E-state index contributed by atoms with van der Waals surface area (Å²) in [5, 5.41) is 28.0. The number of hydrogen-bond donors (Lipinski definition) is 3. The topological polar surface area (TPSA) is 94.8 Å². The van der Waals surface area contributed by atoms with Gasteiger partial charge in [-0.25, -0.2) is 0 Å². The average Bonchev–Trinajstić information content (AvgIpc) is 2.64. The van der Waals surface area contributed by atoms with Crippen molar-refractivity contribution >= 4 is 59.6 Å². The van der Waals surface area contributed by atoms with E-state index in [0.717, 1.165) is 0 Å². The molecule has 160 valence electrons. The van der Waals surface area contributed by atoms with Gasteiger partial charge in [0.25, 0.3) is 0 Å². The van der Waals surface area contributed by atoms with Crippen LogP contribution in [0.15, 0.2) is 72.8 Å². The molecule has 0 unspecified atom stereocenters. The molecule has 5 nitrogen and oxygen atoms in total. The van der Waals surface area contributed by atoms with Gasteiger partial charge in [0, 0.05) is 15.1 Å². The first-order valence-corrected chi connectivity index (χ1v) is 10.6. The molecule has 0 aliphatic heterocycles. The Morgan fingerprint density at radius 1 is 0.483 bits per heavy atom. The molecule has 0 fully saturated rings. The molecule has 0 spiro atoms. The van der Waals surface area contributed by atoms with Crippen molar-refractivity contribution in [2.45, 2.75) is 0 Å². The molecule has 3 N–H and O–H groups in total. The summed E-state index contributed by atoms with van der Waals surface area (Å²) in [5.74, 6) is 0.734. The van der Waals surface area contributed by atoms with Gasteiger partial charge in [-0.3, -0.25) is 0 Å². The third-order valence-electron chi connectivity index (χ3n) is 2.48. The van der Waals surface area contributed by atoms with Gasteiger partial charge in [-0.1, -0.05) is 34.8 Å². The van der Waals surface area contributed by atoms with Gasteiger partial charge in [-0.15, -0.1) is 24.8 Å². The van der Waals surface area contributed by atoms with E-state index in [9.17, 15) is 0 Å². The van der Waals surface area contributed by atoms with Crippen LogP contribution in [-0.4, -0.2) is 15.3 Å². The third kappa shape index (κ3) is 19.9. The Hall–Kier alpha value is -1.20. The van der Waals surface area contributed by atoms with Gasteiger partial charge >= 0.3 is 25.3 Å². The summed E-state index contributed by atoms with van der Waals surface area (Å²) in [6, 6.07) is 19.1. The molecule has 0 atom stereocenters. The quantitative estimate of drug-likeness (QED) is 0.246. The van der Waals surface area contributed by atoms with E-state index < -0.39 is 18.5 Å². The molecule has 11 heteroatoms. The second-order valence-corrected chi connectivity index (χ2v) is 6.30. The Morgan fingerprint density at radius 3 is 0.724 bits per heavy atom. The van der Waals surface area contributed by atoms with Crippen molar-refractivity contribution in [3.05, 3.63) is 87.9 Å². The van der Waals surface area contributed by atoms with Crippen molar-refractivity contribution < 1.29 is 40.6 Å². The van der Waals surface area contributed by atoms with Gasteiger partial charge in [-0.2, -0.15) is 0 Å². The van der Waals surface area contributed by atoms with Gasteiger partial charge in [0.05, 0.1) is 0 Å². The van der Waals surface area contributed by atoms with E-state index in [1.54, 1.807) is 72.8 Å². The molecule has 0 aliphatic rings. The van der Waals surface area contributed by atoms with Crippen molar-refractivity contribution in [2.75, 3.05) is 0 Å². The van der Waals surface area contributed by atoms with Crippen LogP contribution in [0.2, 0.25) is 15.1 Å². The maximum absolute atomic E-state index is 8.70. The fourth-order valence-electron chi connectivity index (χ4n) is 1.32. The van der Waals surface area contributed by atoms with Crippen LogP contribution in [0.25, 0.3) is 0 Å². The SMILES string of the molecule is Cl.Cl.Oc1ccc(Cl)cc1.Oc1ccc(Cl)cc1.Oc1ccc(Cl)cc1.[O]=[W]=[O]. The van der Waals surface area contributed by atoms with Gasteiger partial charge in [0.2, 0.25) is 0 Å². The molecule has 0 radical (unpaired) electrons. The van der Waals surface area contributed by atoms with Gasteiger partial charge < -0.3 is 15.3 Å². The minimum atomic E-state index is -2.25. The van der Waals surface area contributed by atoms with Crippen LogP contribution in [0.5, 0.6) is 17.2 Å². The maximum atomic E-state index is 8.70. The number of hydrogen-bond acceptors (Lipinski definition) is 5. The van der Waals surface area contributed by atoms with Crippen LogP contribution in [0, 0.1) is 0 Å². The van der Waals surface area contributed by atoms with Crippen molar-refractivity contribution in [3.8, 4) is 17.2 Å². The first kappa shape index (κ1) is 32.5. The zero-order valence-electron chi connectivity index (χ0n) is 14.4. The van der Waals surface area contributed by atoms with Crippen molar-refractivity contribution in [1.29, 1.82) is 0 Å². The second-order valence-electron chi connectivity index (χ2n) is 4.50. The summed E-state index contributed by atoms with van der Waals surface area (Å²) in [4.78, 5) is 0. The molecule has 0 heterocycles. The molecule has 0 amide bonds. The van der Waals surface area contributed by atoms with Crippen LogP contribution in [0.3, 0.4) is 0 Å². The Kier molecular flexibility index (Phi) is 22.5. The molecule has 3 rings (SSSR count). The summed E-state index contributed by atoms with van der Waals surface area (Å²) >= 11 is 14.3. The Morgan fingerprint density at radius 2 is 0.621 bits per heavy atom. The van der Waals surface area contributed by atoms with Crippen molar-refractivity contribution in [2.24, 2.45) is 0 Å². The number of halogens is 5.